The van der Waals surface area contributed by atoms with E-state index in [1.165, 1.54) is 24.4 Å². The SMILES string of the molecule is COc1ccccc1C1(c2ccc(F)cc2)COSN1. The highest BCUT2D eigenvalue weighted by Crippen LogP contribution is 2.41. The van der Waals surface area contributed by atoms with Crippen LogP contribution >= 0.6 is 12.2 Å². The van der Waals surface area contributed by atoms with Crippen molar-refractivity contribution in [1.29, 1.82) is 0 Å². The third-order valence-electron chi connectivity index (χ3n) is 3.45. The molecule has 0 aliphatic carbocycles. The van der Waals surface area contributed by atoms with Gasteiger partial charge in [-0.3, -0.25) is 4.18 Å². The molecule has 1 aliphatic rings. The van der Waals surface area contributed by atoms with Crippen LogP contribution in [-0.4, -0.2) is 13.7 Å². The molecule has 1 saturated heterocycles. The molecule has 0 bridgehead atoms. The van der Waals surface area contributed by atoms with Crippen molar-refractivity contribution in [3.63, 3.8) is 0 Å². The van der Waals surface area contributed by atoms with Crippen molar-refractivity contribution in [2.45, 2.75) is 5.54 Å². The summed E-state index contributed by atoms with van der Waals surface area (Å²) in [4.78, 5) is 0. The van der Waals surface area contributed by atoms with Gasteiger partial charge < -0.3 is 4.74 Å². The first-order valence-electron chi connectivity index (χ1n) is 6.21. The van der Waals surface area contributed by atoms with Crippen molar-refractivity contribution >= 4 is 12.2 Å². The number of nitrogens with one attached hydrogen (secondary N) is 1. The van der Waals surface area contributed by atoms with Crippen LogP contribution in [-0.2, 0) is 9.72 Å². The van der Waals surface area contributed by atoms with Gasteiger partial charge >= 0.3 is 0 Å². The van der Waals surface area contributed by atoms with Gasteiger partial charge in [0, 0.05) is 5.56 Å². The molecule has 1 unspecified atom stereocenters. The number of benzene rings is 2. The molecule has 104 valence electrons. The number of hydrogen-bond acceptors (Lipinski definition) is 4. The van der Waals surface area contributed by atoms with Gasteiger partial charge in [0.1, 0.15) is 17.1 Å². The summed E-state index contributed by atoms with van der Waals surface area (Å²) in [6, 6.07) is 14.2. The summed E-state index contributed by atoms with van der Waals surface area (Å²) in [5.41, 5.74) is 1.37. The normalized spacial score (nSPS) is 21.9. The minimum atomic E-state index is -0.537. The van der Waals surface area contributed by atoms with E-state index in [1.807, 2.05) is 24.3 Å². The molecule has 5 heteroatoms. The summed E-state index contributed by atoms with van der Waals surface area (Å²) in [6.45, 7) is 0.448. The molecule has 1 fully saturated rings. The van der Waals surface area contributed by atoms with Crippen LogP contribution in [0.3, 0.4) is 0 Å². The van der Waals surface area contributed by atoms with Crippen molar-refractivity contribution < 1.29 is 13.3 Å². The monoisotopic (exact) mass is 291 g/mol. The lowest BCUT2D eigenvalue weighted by Crippen LogP contribution is -2.38. The summed E-state index contributed by atoms with van der Waals surface area (Å²) in [5, 5.41) is 0. The topological polar surface area (TPSA) is 30.5 Å². The van der Waals surface area contributed by atoms with Crippen molar-refractivity contribution in [2.24, 2.45) is 0 Å². The Morgan fingerprint density at radius 2 is 1.95 bits per heavy atom. The Hall–Kier alpha value is -1.56. The zero-order chi connectivity index (χ0) is 14.0. The Kier molecular flexibility index (Phi) is 3.65. The standard InChI is InChI=1S/C15H14FNO2S/c1-18-14-5-3-2-4-13(14)15(10-19-20-17-15)11-6-8-12(16)9-7-11/h2-9,17H,10H2,1H3. The molecule has 2 aromatic carbocycles. The van der Waals surface area contributed by atoms with Crippen molar-refractivity contribution in [3.8, 4) is 5.75 Å². The zero-order valence-corrected chi connectivity index (χ0v) is 11.7. The summed E-state index contributed by atoms with van der Waals surface area (Å²) in [5.74, 6) is 0.519. The van der Waals surface area contributed by atoms with Crippen LogP contribution in [0.15, 0.2) is 48.5 Å². The molecular weight excluding hydrogens is 277 g/mol. The molecule has 1 heterocycles. The molecule has 20 heavy (non-hydrogen) atoms. The molecule has 1 aliphatic heterocycles. The van der Waals surface area contributed by atoms with Gasteiger partial charge in [-0.05, 0) is 23.8 Å². The van der Waals surface area contributed by atoms with E-state index in [0.29, 0.717) is 6.61 Å². The summed E-state index contributed by atoms with van der Waals surface area (Å²) in [6.07, 6.45) is 0. The van der Waals surface area contributed by atoms with Gasteiger partial charge in [0.05, 0.1) is 25.9 Å². The molecule has 1 atom stereocenters. The van der Waals surface area contributed by atoms with E-state index >= 15 is 0 Å². The highest BCUT2D eigenvalue weighted by molar-refractivity contribution is 7.92. The molecule has 0 amide bonds. The second-order valence-electron chi connectivity index (χ2n) is 4.56. The second-order valence-corrected chi connectivity index (χ2v) is 5.17. The van der Waals surface area contributed by atoms with Gasteiger partial charge in [0.15, 0.2) is 0 Å². The average Bonchev–Trinajstić information content (AvgIpc) is 2.98. The van der Waals surface area contributed by atoms with Gasteiger partial charge in [-0.1, -0.05) is 30.3 Å². The van der Waals surface area contributed by atoms with Crippen LogP contribution in [0.25, 0.3) is 0 Å². The van der Waals surface area contributed by atoms with Gasteiger partial charge in [-0.2, -0.15) is 0 Å². The lowest BCUT2D eigenvalue weighted by molar-refractivity contribution is 0.308. The Balaban J connectivity index is 2.15. The first kappa shape index (κ1) is 13.4. The van der Waals surface area contributed by atoms with Gasteiger partial charge in [-0.25, -0.2) is 9.11 Å². The molecule has 2 aromatic rings. The summed E-state index contributed by atoms with van der Waals surface area (Å²) in [7, 11) is 1.64. The molecule has 0 saturated carbocycles. The predicted molar refractivity (Wildman–Crippen MR) is 76.9 cm³/mol. The van der Waals surface area contributed by atoms with Crippen LogP contribution in [0.2, 0.25) is 0 Å². The fourth-order valence-corrected chi connectivity index (χ4v) is 3.13. The van der Waals surface area contributed by atoms with Gasteiger partial charge in [0.2, 0.25) is 0 Å². The fraction of sp³-hybridized carbons (Fsp3) is 0.200. The molecule has 3 nitrogen and oxygen atoms in total. The van der Waals surface area contributed by atoms with E-state index in [1.54, 1.807) is 19.2 Å². The molecule has 0 spiro atoms. The molecule has 0 aromatic heterocycles. The van der Waals surface area contributed by atoms with E-state index in [9.17, 15) is 4.39 Å². The first-order valence-corrected chi connectivity index (χ1v) is 6.95. The number of ether oxygens (including phenoxy) is 1. The third kappa shape index (κ3) is 2.18. The number of halogens is 1. The van der Waals surface area contributed by atoms with E-state index in [-0.39, 0.29) is 5.82 Å². The van der Waals surface area contributed by atoms with Gasteiger partial charge in [0.25, 0.3) is 0 Å². The largest absolute Gasteiger partial charge is 0.496 e. The minimum absolute atomic E-state index is 0.254. The number of para-hydroxylation sites is 1. The number of rotatable bonds is 3. The Labute approximate surface area is 121 Å². The minimum Gasteiger partial charge on any atom is -0.496 e. The Morgan fingerprint density at radius 1 is 1.20 bits per heavy atom. The van der Waals surface area contributed by atoms with Gasteiger partial charge in [-0.15, -0.1) is 0 Å². The predicted octanol–water partition coefficient (Wildman–Crippen LogP) is 3.26. The quantitative estimate of drug-likeness (QED) is 0.694. The Morgan fingerprint density at radius 3 is 2.60 bits per heavy atom. The highest BCUT2D eigenvalue weighted by Gasteiger charge is 2.41. The van der Waals surface area contributed by atoms with E-state index in [2.05, 4.69) is 4.72 Å². The van der Waals surface area contributed by atoms with Crippen molar-refractivity contribution in [1.82, 2.24) is 4.72 Å². The lowest BCUT2D eigenvalue weighted by atomic mass is 9.84. The second kappa shape index (κ2) is 5.44. The fourth-order valence-electron chi connectivity index (χ4n) is 2.41. The smallest absolute Gasteiger partial charge is 0.124 e. The zero-order valence-electron chi connectivity index (χ0n) is 10.9. The average molecular weight is 291 g/mol. The van der Waals surface area contributed by atoms with Crippen LogP contribution in [0.1, 0.15) is 11.1 Å². The number of hydrogen-bond donors (Lipinski definition) is 1. The summed E-state index contributed by atoms with van der Waals surface area (Å²) < 4.78 is 27.4. The van der Waals surface area contributed by atoms with Crippen LogP contribution in [0.4, 0.5) is 4.39 Å². The van der Waals surface area contributed by atoms with Crippen LogP contribution < -0.4 is 9.46 Å². The number of methoxy groups -OCH3 is 1. The summed E-state index contributed by atoms with van der Waals surface area (Å²) >= 11 is 1.19. The lowest BCUT2D eigenvalue weighted by Gasteiger charge is -2.29. The molecular formula is C15H14FNO2S. The maximum atomic E-state index is 13.2. The first-order chi connectivity index (χ1) is 9.76. The maximum Gasteiger partial charge on any atom is 0.124 e. The molecule has 1 N–H and O–H groups in total. The van der Waals surface area contributed by atoms with Crippen LogP contribution in [0.5, 0.6) is 5.75 Å². The Bertz CT molecular complexity index is 597. The van der Waals surface area contributed by atoms with Crippen LogP contribution in [0, 0.1) is 5.82 Å². The maximum absolute atomic E-state index is 13.2. The van der Waals surface area contributed by atoms with E-state index in [0.717, 1.165) is 16.9 Å². The van der Waals surface area contributed by atoms with Crippen molar-refractivity contribution in [3.05, 3.63) is 65.5 Å². The third-order valence-corrected chi connectivity index (χ3v) is 4.12. The molecule has 3 rings (SSSR count). The molecule has 0 radical (unpaired) electrons. The van der Waals surface area contributed by atoms with Crippen molar-refractivity contribution in [2.75, 3.05) is 13.7 Å². The van der Waals surface area contributed by atoms with E-state index in [4.69, 9.17) is 8.92 Å². The highest BCUT2D eigenvalue weighted by atomic mass is 32.2. The van der Waals surface area contributed by atoms with E-state index < -0.39 is 5.54 Å².